The number of hydrogen-bond acceptors (Lipinski definition) is 3. The van der Waals surface area contributed by atoms with Gasteiger partial charge >= 0.3 is 0 Å². The van der Waals surface area contributed by atoms with E-state index in [0.29, 0.717) is 6.10 Å². The molecule has 2 aliphatic rings. The van der Waals surface area contributed by atoms with Gasteiger partial charge in [-0.15, -0.1) is 0 Å². The van der Waals surface area contributed by atoms with E-state index in [1.807, 2.05) is 18.3 Å². The van der Waals surface area contributed by atoms with Gasteiger partial charge in [-0.2, -0.15) is 0 Å². The molecule has 2 aliphatic heterocycles. The molecule has 0 bridgehead atoms. The Hall–Kier alpha value is -1.19. The molecule has 1 aromatic rings. The monoisotopic (exact) mass is 413 g/mol. The van der Waals surface area contributed by atoms with Crippen LogP contribution >= 0.6 is 0 Å². The predicted molar refractivity (Wildman–Crippen MR) is 125 cm³/mol. The second-order valence-corrected chi connectivity index (χ2v) is 10.3. The van der Waals surface area contributed by atoms with Crippen LogP contribution in [0.15, 0.2) is 30.0 Å². The van der Waals surface area contributed by atoms with Gasteiger partial charge in [0.2, 0.25) is 0 Å². The number of fused-ring (bicyclic) bond motifs is 1. The highest BCUT2D eigenvalue weighted by molar-refractivity contribution is 5.51. The summed E-state index contributed by atoms with van der Waals surface area (Å²) in [6, 6.07) is 6.07. The second-order valence-electron chi connectivity index (χ2n) is 10.3. The molecule has 2 fully saturated rings. The number of rotatable bonds is 2. The molecular formula is C27H43NO2. The summed E-state index contributed by atoms with van der Waals surface area (Å²) in [4.78, 5) is 4.52. The van der Waals surface area contributed by atoms with Crippen LogP contribution in [0.25, 0.3) is 6.08 Å². The van der Waals surface area contributed by atoms with Crippen molar-refractivity contribution in [2.75, 3.05) is 6.61 Å². The molecule has 1 aromatic heterocycles. The van der Waals surface area contributed by atoms with Crippen LogP contribution in [0, 0.1) is 5.41 Å². The molecule has 168 valence electrons. The van der Waals surface area contributed by atoms with E-state index in [2.05, 4.69) is 51.7 Å². The van der Waals surface area contributed by atoms with E-state index in [9.17, 15) is 0 Å². The van der Waals surface area contributed by atoms with Crippen molar-refractivity contribution in [1.29, 1.82) is 0 Å². The third kappa shape index (κ3) is 4.99. The zero-order chi connectivity index (χ0) is 21.7. The first-order valence-corrected chi connectivity index (χ1v) is 12.2. The van der Waals surface area contributed by atoms with Gasteiger partial charge in [-0.25, -0.2) is 0 Å². The summed E-state index contributed by atoms with van der Waals surface area (Å²) in [5.74, 6) is 0. The summed E-state index contributed by atoms with van der Waals surface area (Å²) in [7, 11) is 0. The van der Waals surface area contributed by atoms with Gasteiger partial charge in [0.15, 0.2) is 0 Å². The van der Waals surface area contributed by atoms with Crippen molar-refractivity contribution in [1.82, 2.24) is 4.98 Å². The highest BCUT2D eigenvalue weighted by Crippen LogP contribution is 2.59. The van der Waals surface area contributed by atoms with Crippen LogP contribution in [0.4, 0.5) is 0 Å². The first-order valence-electron chi connectivity index (χ1n) is 12.2. The van der Waals surface area contributed by atoms with Crippen LogP contribution in [-0.2, 0) is 9.47 Å². The van der Waals surface area contributed by atoms with Gasteiger partial charge in [0.05, 0.1) is 17.4 Å². The number of hydrogen-bond donors (Lipinski definition) is 0. The number of epoxide rings is 1. The fraction of sp³-hybridized carbons (Fsp3) is 0.741. The van der Waals surface area contributed by atoms with Gasteiger partial charge < -0.3 is 9.47 Å². The molecule has 3 heteroatoms. The molecule has 0 saturated carbocycles. The van der Waals surface area contributed by atoms with E-state index in [1.165, 1.54) is 63.4 Å². The average molecular weight is 414 g/mol. The van der Waals surface area contributed by atoms with E-state index in [0.717, 1.165) is 18.7 Å². The fourth-order valence-corrected chi connectivity index (χ4v) is 5.17. The lowest BCUT2D eigenvalue weighted by molar-refractivity contribution is -0.112. The van der Waals surface area contributed by atoms with E-state index >= 15 is 0 Å². The standard InChI is InChI=1S/C27H43NO2/c1-22(21-23-17-14-15-19-28-23)26(4)25(2,3)27(5)24(30-27)18-13-11-9-7-6-8-10-12-16-20-29-26/h14-15,17,19,21,24H,6-13,16,18,20H2,1-5H3. The molecule has 3 nitrogen and oxygen atoms in total. The summed E-state index contributed by atoms with van der Waals surface area (Å²) in [5.41, 5.74) is 1.49. The Kier molecular flexibility index (Phi) is 7.79. The van der Waals surface area contributed by atoms with E-state index < -0.39 is 5.60 Å². The fourth-order valence-electron chi connectivity index (χ4n) is 5.17. The first-order chi connectivity index (χ1) is 14.3. The third-order valence-electron chi connectivity index (χ3n) is 8.18. The topological polar surface area (TPSA) is 34.6 Å². The molecule has 0 spiro atoms. The predicted octanol–water partition coefficient (Wildman–Crippen LogP) is 7.36. The van der Waals surface area contributed by atoms with Crippen LogP contribution in [0.2, 0.25) is 0 Å². The Bertz CT molecular complexity index is 698. The summed E-state index contributed by atoms with van der Waals surface area (Å²) in [5, 5.41) is 0. The molecule has 3 rings (SSSR count). The van der Waals surface area contributed by atoms with Gasteiger partial charge in [-0.05, 0) is 57.4 Å². The third-order valence-corrected chi connectivity index (χ3v) is 8.18. The molecule has 0 aromatic carbocycles. The minimum absolute atomic E-state index is 0.155. The summed E-state index contributed by atoms with van der Waals surface area (Å²) in [6.07, 6.45) is 17.4. The summed E-state index contributed by atoms with van der Waals surface area (Å²) in [6.45, 7) is 12.3. The van der Waals surface area contributed by atoms with Gasteiger partial charge in [-0.1, -0.05) is 71.3 Å². The highest BCUT2D eigenvalue weighted by atomic mass is 16.6. The zero-order valence-corrected chi connectivity index (χ0v) is 20.0. The largest absolute Gasteiger partial charge is 0.370 e. The Morgan fingerprint density at radius 3 is 2.20 bits per heavy atom. The van der Waals surface area contributed by atoms with Crippen LogP contribution in [0.3, 0.4) is 0 Å². The SMILES string of the molecule is CC(=Cc1ccccn1)C1(C)OCCCCCCCCCCCC2OC2(C)C1(C)C. The van der Waals surface area contributed by atoms with E-state index in [-0.39, 0.29) is 11.0 Å². The molecule has 3 unspecified atom stereocenters. The number of ether oxygens (including phenoxy) is 2. The van der Waals surface area contributed by atoms with Gasteiger partial charge in [0, 0.05) is 18.2 Å². The molecule has 3 heterocycles. The summed E-state index contributed by atoms with van der Waals surface area (Å²) < 4.78 is 13.2. The Morgan fingerprint density at radius 2 is 1.57 bits per heavy atom. The van der Waals surface area contributed by atoms with Crippen LogP contribution in [-0.4, -0.2) is 28.9 Å². The molecule has 2 saturated heterocycles. The van der Waals surface area contributed by atoms with Gasteiger partial charge in [0.25, 0.3) is 0 Å². The van der Waals surface area contributed by atoms with Crippen molar-refractivity contribution in [3.63, 3.8) is 0 Å². The molecule has 0 radical (unpaired) electrons. The maximum absolute atomic E-state index is 6.77. The van der Waals surface area contributed by atoms with Crippen molar-refractivity contribution in [2.45, 2.75) is 116 Å². The highest BCUT2D eigenvalue weighted by Gasteiger charge is 2.67. The minimum atomic E-state index is -0.412. The van der Waals surface area contributed by atoms with Crippen molar-refractivity contribution in [3.8, 4) is 0 Å². The van der Waals surface area contributed by atoms with E-state index in [1.54, 1.807) is 0 Å². The molecule has 30 heavy (non-hydrogen) atoms. The summed E-state index contributed by atoms with van der Waals surface area (Å²) >= 11 is 0. The van der Waals surface area contributed by atoms with Gasteiger partial charge in [0.1, 0.15) is 5.60 Å². The molecule has 3 atom stereocenters. The van der Waals surface area contributed by atoms with E-state index in [4.69, 9.17) is 9.47 Å². The lowest BCUT2D eigenvalue weighted by Crippen LogP contribution is -2.54. The van der Waals surface area contributed by atoms with Crippen LogP contribution in [0.5, 0.6) is 0 Å². The number of aromatic nitrogens is 1. The number of nitrogens with zero attached hydrogens (tertiary/aromatic N) is 1. The maximum Gasteiger partial charge on any atom is 0.100 e. The van der Waals surface area contributed by atoms with Gasteiger partial charge in [-0.3, -0.25) is 4.98 Å². The molecule has 0 amide bonds. The van der Waals surface area contributed by atoms with Crippen LogP contribution in [0.1, 0.15) is 105 Å². The Morgan fingerprint density at radius 1 is 0.933 bits per heavy atom. The van der Waals surface area contributed by atoms with Crippen molar-refractivity contribution >= 4 is 6.08 Å². The smallest absolute Gasteiger partial charge is 0.100 e. The normalized spacial score (nSPS) is 34.2. The lowest BCUT2D eigenvalue weighted by atomic mass is 9.63. The minimum Gasteiger partial charge on any atom is -0.370 e. The van der Waals surface area contributed by atoms with Crippen molar-refractivity contribution in [2.24, 2.45) is 5.41 Å². The number of pyridine rings is 1. The Balaban J connectivity index is 1.85. The van der Waals surface area contributed by atoms with Crippen molar-refractivity contribution in [3.05, 3.63) is 35.7 Å². The average Bonchev–Trinajstić information content (AvgIpc) is 3.40. The molecule has 0 N–H and O–H groups in total. The quantitative estimate of drug-likeness (QED) is 0.475. The molecule has 0 aliphatic carbocycles. The van der Waals surface area contributed by atoms with Crippen LogP contribution < -0.4 is 0 Å². The lowest BCUT2D eigenvalue weighted by Gasteiger charge is -2.48. The Labute approximate surface area is 184 Å². The maximum atomic E-state index is 6.77. The van der Waals surface area contributed by atoms with Crippen molar-refractivity contribution < 1.29 is 9.47 Å². The molecular weight excluding hydrogens is 370 g/mol. The zero-order valence-electron chi connectivity index (χ0n) is 20.0. The second kappa shape index (κ2) is 9.96. The first kappa shape index (κ1) is 23.5.